The van der Waals surface area contributed by atoms with E-state index in [4.69, 9.17) is 0 Å². The maximum absolute atomic E-state index is 12.3. The lowest BCUT2D eigenvalue weighted by Crippen LogP contribution is -2.56. The highest BCUT2D eigenvalue weighted by Crippen LogP contribution is 2.33. The standard InChI is InChI=1S/C12H19N3O4S/c1-9-4-3-5-12(6-9,11(16)17)14-20(18,19)10-7-13-15(2)8-10/h7-9,14H,3-6H2,1-2H3,(H,16,17). The second kappa shape index (κ2) is 5.17. The summed E-state index contributed by atoms with van der Waals surface area (Å²) in [6, 6.07) is 0. The van der Waals surface area contributed by atoms with Crippen LogP contribution in [0, 0.1) is 5.92 Å². The molecule has 20 heavy (non-hydrogen) atoms. The zero-order chi connectivity index (χ0) is 15.0. The van der Waals surface area contributed by atoms with Gasteiger partial charge in [-0.25, -0.2) is 8.42 Å². The molecule has 1 aromatic heterocycles. The number of aromatic nitrogens is 2. The van der Waals surface area contributed by atoms with Crippen LogP contribution in [-0.2, 0) is 21.9 Å². The number of carbonyl (C=O) groups is 1. The molecule has 1 saturated carbocycles. The van der Waals surface area contributed by atoms with Gasteiger partial charge in [0, 0.05) is 13.2 Å². The molecule has 1 aliphatic carbocycles. The summed E-state index contributed by atoms with van der Waals surface area (Å²) in [6.07, 6.45) is 4.80. The highest BCUT2D eigenvalue weighted by molar-refractivity contribution is 7.89. The molecule has 0 aromatic carbocycles. The fourth-order valence-corrected chi connectivity index (χ4v) is 4.12. The molecule has 1 aliphatic rings. The number of aryl methyl sites for hydroxylation is 1. The third-order valence-corrected chi connectivity index (χ3v) is 5.22. The van der Waals surface area contributed by atoms with Gasteiger partial charge in [0.25, 0.3) is 0 Å². The van der Waals surface area contributed by atoms with Gasteiger partial charge in [-0.1, -0.05) is 19.8 Å². The SMILES string of the molecule is CC1CCCC(NS(=O)(=O)c2cnn(C)c2)(C(=O)O)C1. The number of hydrogen-bond acceptors (Lipinski definition) is 4. The van der Waals surface area contributed by atoms with Crippen molar-refractivity contribution in [3.63, 3.8) is 0 Å². The molecule has 0 bridgehead atoms. The quantitative estimate of drug-likeness (QED) is 0.853. The van der Waals surface area contributed by atoms with Crippen LogP contribution in [0.5, 0.6) is 0 Å². The van der Waals surface area contributed by atoms with Gasteiger partial charge >= 0.3 is 5.97 Å². The lowest BCUT2D eigenvalue weighted by Gasteiger charge is -2.36. The first-order valence-electron chi connectivity index (χ1n) is 6.51. The summed E-state index contributed by atoms with van der Waals surface area (Å²) < 4.78 is 28.4. The lowest BCUT2D eigenvalue weighted by molar-refractivity contribution is -0.146. The molecule has 0 aliphatic heterocycles. The Morgan fingerprint density at radius 2 is 2.30 bits per heavy atom. The van der Waals surface area contributed by atoms with Gasteiger partial charge in [-0.15, -0.1) is 0 Å². The maximum atomic E-state index is 12.3. The highest BCUT2D eigenvalue weighted by atomic mass is 32.2. The average Bonchev–Trinajstić information content (AvgIpc) is 2.76. The number of hydrogen-bond donors (Lipinski definition) is 2. The molecule has 0 spiro atoms. The molecule has 1 fully saturated rings. The van der Waals surface area contributed by atoms with Crippen molar-refractivity contribution in [2.24, 2.45) is 13.0 Å². The Hall–Kier alpha value is -1.41. The number of nitrogens with zero attached hydrogens (tertiary/aromatic N) is 2. The van der Waals surface area contributed by atoms with Gasteiger partial charge in [-0.2, -0.15) is 9.82 Å². The largest absolute Gasteiger partial charge is 0.480 e. The van der Waals surface area contributed by atoms with Crippen LogP contribution in [0.2, 0.25) is 0 Å². The van der Waals surface area contributed by atoms with Gasteiger partial charge < -0.3 is 5.11 Å². The number of carboxylic acid groups (broad SMARTS) is 1. The van der Waals surface area contributed by atoms with E-state index in [0.717, 1.165) is 6.42 Å². The predicted molar refractivity (Wildman–Crippen MR) is 71.5 cm³/mol. The molecule has 8 heteroatoms. The van der Waals surface area contributed by atoms with Crippen molar-refractivity contribution in [3.8, 4) is 0 Å². The number of aliphatic carboxylic acids is 1. The Balaban J connectivity index is 2.31. The smallest absolute Gasteiger partial charge is 0.324 e. The first-order valence-corrected chi connectivity index (χ1v) is 7.99. The maximum Gasteiger partial charge on any atom is 0.324 e. The molecule has 7 nitrogen and oxygen atoms in total. The number of sulfonamides is 1. The first kappa shape index (κ1) is 15.0. The molecule has 2 N–H and O–H groups in total. The molecule has 1 aromatic rings. The summed E-state index contributed by atoms with van der Waals surface area (Å²) in [4.78, 5) is 11.6. The molecular weight excluding hydrogens is 282 g/mol. The Morgan fingerprint density at radius 3 is 2.80 bits per heavy atom. The Labute approximate surface area is 118 Å². The van der Waals surface area contributed by atoms with E-state index < -0.39 is 21.5 Å². The van der Waals surface area contributed by atoms with Crippen molar-refractivity contribution in [2.75, 3.05) is 0 Å². The molecule has 1 heterocycles. The average molecular weight is 301 g/mol. The Morgan fingerprint density at radius 1 is 1.60 bits per heavy atom. The minimum Gasteiger partial charge on any atom is -0.480 e. The number of rotatable bonds is 4. The van der Waals surface area contributed by atoms with E-state index >= 15 is 0 Å². The molecule has 0 saturated heterocycles. The summed E-state index contributed by atoms with van der Waals surface area (Å²) in [6.45, 7) is 1.94. The van der Waals surface area contributed by atoms with Crippen molar-refractivity contribution in [2.45, 2.75) is 43.0 Å². The van der Waals surface area contributed by atoms with E-state index in [0.29, 0.717) is 19.3 Å². The van der Waals surface area contributed by atoms with Gasteiger partial charge in [0.05, 0.1) is 6.20 Å². The summed E-state index contributed by atoms with van der Waals surface area (Å²) in [5, 5.41) is 13.3. The van der Waals surface area contributed by atoms with Crippen LogP contribution in [0.3, 0.4) is 0 Å². The third-order valence-electron chi connectivity index (χ3n) is 3.73. The second-order valence-electron chi connectivity index (χ2n) is 5.54. The van der Waals surface area contributed by atoms with Crippen LogP contribution in [0.1, 0.15) is 32.6 Å². The van der Waals surface area contributed by atoms with Gasteiger partial charge in [-0.05, 0) is 18.8 Å². The van der Waals surface area contributed by atoms with Crippen LogP contribution in [0.4, 0.5) is 0 Å². The highest BCUT2D eigenvalue weighted by Gasteiger charge is 2.45. The minimum atomic E-state index is -3.88. The van der Waals surface area contributed by atoms with Crippen LogP contribution in [0.25, 0.3) is 0 Å². The third kappa shape index (κ3) is 2.85. The second-order valence-corrected chi connectivity index (χ2v) is 7.23. The Bertz CT molecular complexity index is 610. The monoisotopic (exact) mass is 301 g/mol. The number of nitrogens with one attached hydrogen (secondary N) is 1. The topological polar surface area (TPSA) is 101 Å². The molecule has 2 atom stereocenters. The van der Waals surface area contributed by atoms with E-state index in [-0.39, 0.29) is 10.8 Å². The van der Waals surface area contributed by atoms with Crippen LogP contribution in [-0.4, -0.2) is 34.8 Å². The predicted octanol–water partition coefficient (Wildman–Crippen LogP) is 0.732. The minimum absolute atomic E-state index is 0.0150. The summed E-state index contributed by atoms with van der Waals surface area (Å²) in [5.41, 5.74) is -1.41. The van der Waals surface area contributed by atoms with Crippen molar-refractivity contribution >= 4 is 16.0 Å². The van der Waals surface area contributed by atoms with E-state index in [9.17, 15) is 18.3 Å². The fraction of sp³-hybridized carbons (Fsp3) is 0.667. The summed E-state index contributed by atoms with van der Waals surface area (Å²) in [5.74, 6) is -0.937. The van der Waals surface area contributed by atoms with Crippen molar-refractivity contribution in [3.05, 3.63) is 12.4 Å². The number of carboxylic acids is 1. The summed E-state index contributed by atoms with van der Waals surface area (Å²) in [7, 11) is -2.27. The van der Waals surface area contributed by atoms with Gasteiger partial charge in [-0.3, -0.25) is 9.48 Å². The molecule has 112 valence electrons. The molecular formula is C12H19N3O4S. The van der Waals surface area contributed by atoms with E-state index in [1.807, 2.05) is 6.92 Å². The van der Waals surface area contributed by atoms with Gasteiger partial charge in [0.1, 0.15) is 10.4 Å². The zero-order valence-electron chi connectivity index (χ0n) is 11.5. The lowest BCUT2D eigenvalue weighted by atomic mass is 9.77. The fourth-order valence-electron chi connectivity index (χ4n) is 2.74. The first-order chi connectivity index (χ1) is 9.25. The van der Waals surface area contributed by atoms with Crippen LogP contribution < -0.4 is 4.72 Å². The van der Waals surface area contributed by atoms with Gasteiger partial charge in [0.2, 0.25) is 10.0 Å². The van der Waals surface area contributed by atoms with E-state index in [1.165, 1.54) is 17.1 Å². The molecule has 0 radical (unpaired) electrons. The molecule has 2 rings (SSSR count). The summed E-state index contributed by atoms with van der Waals surface area (Å²) >= 11 is 0. The normalized spacial score (nSPS) is 27.4. The van der Waals surface area contributed by atoms with Gasteiger partial charge in [0.15, 0.2) is 0 Å². The van der Waals surface area contributed by atoms with Crippen molar-refractivity contribution in [1.29, 1.82) is 0 Å². The van der Waals surface area contributed by atoms with E-state index in [2.05, 4.69) is 9.82 Å². The van der Waals surface area contributed by atoms with Crippen LogP contribution >= 0.6 is 0 Å². The van der Waals surface area contributed by atoms with Crippen molar-refractivity contribution in [1.82, 2.24) is 14.5 Å². The molecule has 2 unspecified atom stereocenters. The van der Waals surface area contributed by atoms with E-state index in [1.54, 1.807) is 7.05 Å². The zero-order valence-corrected chi connectivity index (χ0v) is 12.4. The van der Waals surface area contributed by atoms with Crippen molar-refractivity contribution < 1.29 is 18.3 Å². The molecule has 0 amide bonds. The van der Waals surface area contributed by atoms with Crippen LogP contribution in [0.15, 0.2) is 17.3 Å². The Kier molecular flexibility index (Phi) is 3.88.